The molecule has 0 unspecified atom stereocenters. The van der Waals surface area contributed by atoms with Gasteiger partial charge in [-0.05, 0) is 37.1 Å². The van der Waals surface area contributed by atoms with E-state index < -0.39 is 0 Å². The summed E-state index contributed by atoms with van der Waals surface area (Å²) in [5, 5.41) is 6.57. The molecular formula is C12H15N3S. The molecule has 2 aromatic rings. The Bertz CT molecular complexity index is 502. The first-order valence-corrected chi connectivity index (χ1v) is 6.72. The fourth-order valence-corrected chi connectivity index (χ4v) is 2.66. The highest BCUT2D eigenvalue weighted by molar-refractivity contribution is 7.16. The summed E-state index contributed by atoms with van der Waals surface area (Å²) in [6.45, 7) is 3.01. The molecule has 1 aliphatic carbocycles. The number of fused-ring (bicyclic) bond motifs is 1. The summed E-state index contributed by atoms with van der Waals surface area (Å²) in [5.41, 5.74) is 0. The van der Waals surface area contributed by atoms with E-state index in [9.17, 15) is 0 Å². The van der Waals surface area contributed by atoms with Crippen molar-refractivity contribution in [3.8, 4) is 0 Å². The summed E-state index contributed by atoms with van der Waals surface area (Å²) in [4.78, 5) is 10.4. The number of thiophene rings is 1. The van der Waals surface area contributed by atoms with Crippen LogP contribution >= 0.6 is 11.3 Å². The summed E-state index contributed by atoms with van der Waals surface area (Å²) in [6.07, 6.45) is 3.75. The zero-order valence-electron chi connectivity index (χ0n) is 9.36. The molecule has 1 aliphatic rings. The third-order valence-corrected chi connectivity index (χ3v) is 3.69. The molecule has 1 fully saturated rings. The van der Waals surface area contributed by atoms with Gasteiger partial charge in [-0.2, -0.15) is 0 Å². The molecular weight excluding hydrogens is 218 g/mol. The van der Waals surface area contributed by atoms with Crippen molar-refractivity contribution in [2.45, 2.75) is 26.2 Å². The molecule has 3 rings (SSSR count). The third-order valence-electron chi connectivity index (χ3n) is 2.88. The third kappa shape index (κ3) is 1.89. The van der Waals surface area contributed by atoms with E-state index in [-0.39, 0.29) is 0 Å². The minimum Gasteiger partial charge on any atom is -0.370 e. The molecule has 0 spiro atoms. The van der Waals surface area contributed by atoms with E-state index in [2.05, 4.69) is 33.7 Å². The van der Waals surface area contributed by atoms with Gasteiger partial charge in [0.05, 0.1) is 5.39 Å². The maximum absolute atomic E-state index is 4.63. The molecule has 0 aliphatic heterocycles. The Labute approximate surface area is 98.9 Å². The van der Waals surface area contributed by atoms with Crippen molar-refractivity contribution in [2.24, 2.45) is 5.92 Å². The zero-order chi connectivity index (χ0) is 11.0. The van der Waals surface area contributed by atoms with Crippen LogP contribution < -0.4 is 5.32 Å². The number of nitrogens with one attached hydrogen (secondary N) is 1. The number of anilines is 1. The molecule has 3 nitrogen and oxygen atoms in total. The molecule has 0 radical (unpaired) electrons. The first-order chi connectivity index (χ1) is 7.86. The molecule has 2 aromatic heterocycles. The molecule has 0 amide bonds. The fraction of sp³-hybridized carbons (Fsp3) is 0.500. The van der Waals surface area contributed by atoms with Gasteiger partial charge in [0.25, 0.3) is 0 Å². The Morgan fingerprint density at radius 2 is 2.31 bits per heavy atom. The molecule has 16 heavy (non-hydrogen) atoms. The van der Waals surface area contributed by atoms with E-state index in [0.717, 1.165) is 40.7 Å². The van der Waals surface area contributed by atoms with Crippen molar-refractivity contribution in [3.63, 3.8) is 0 Å². The summed E-state index contributed by atoms with van der Waals surface area (Å²) in [7, 11) is 0. The van der Waals surface area contributed by atoms with E-state index in [0.29, 0.717) is 0 Å². The number of hydrogen-bond donors (Lipinski definition) is 1. The van der Waals surface area contributed by atoms with Crippen molar-refractivity contribution in [1.82, 2.24) is 9.97 Å². The van der Waals surface area contributed by atoms with Crippen LogP contribution in [0.4, 0.5) is 5.82 Å². The van der Waals surface area contributed by atoms with Crippen molar-refractivity contribution in [3.05, 3.63) is 17.3 Å². The van der Waals surface area contributed by atoms with E-state index in [1.54, 1.807) is 11.3 Å². The molecule has 0 atom stereocenters. The fourth-order valence-electron chi connectivity index (χ4n) is 1.87. The lowest BCUT2D eigenvalue weighted by Gasteiger charge is -2.06. The monoisotopic (exact) mass is 233 g/mol. The minimum atomic E-state index is 0.840. The minimum absolute atomic E-state index is 0.840. The van der Waals surface area contributed by atoms with Crippen LogP contribution in [-0.4, -0.2) is 16.5 Å². The van der Waals surface area contributed by atoms with Crippen LogP contribution in [0.5, 0.6) is 0 Å². The predicted molar refractivity (Wildman–Crippen MR) is 68.0 cm³/mol. The van der Waals surface area contributed by atoms with Crippen LogP contribution in [0.2, 0.25) is 0 Å². The van der Waals surface area contributed by atoms with Crippen molar-refractivity contribution < 1.29 is 0 Å². The average molecular weight is 233 g/mol. The van der Waals surface area contributed by atoms with Crippen LogP contribution in [-0.2, 0) is 6.42 Å². The van der Waals surface area contributed by atoms with Gasteiger partial charge in [0, 0.05) is 13.0 Å². The molecule has 0 aromatic carbocycles. The topological polar surface area (TPSA) is 37.8 Å². The van der Waals surface area contributed by atoms with Gasteiger partial charge in [-0.25, -0.2) is 9.97 Å². The largest absolute Gasteiger partial charge is 0.370 e. The zero-order valence-corrected chi connectivity index (χ0v) is 10.2. The van der Waals surface area contributed by atoms with E-state index in [1.165, 1.54) is 12.8 Å². The van der Waals surface area contributed by atoms with Crippen molar-refractivity contribution in [2.75, 3.05) is 11.9 Å². The Morgan fingerprint density at radius 3 is 3.06 bits per heavy atom. The van der Waals surface area contributed by atoms with Crippen molar-refractivity contribution >= 4 is 27.4 Å². The van der Waals surface area contributed by atoms with Crippen molar-refractivity contribution in [1.29, 1.82) is 0 Å². The first-order valence-electron chi connectivity index (χ1n) is 5.85. The second-order valence-corrected chi connectivity index (χ2v) is 5.20. The first kappa shape index (κ1) is 10.0. The van der Waals surface area contributed by atoms with E-state index in [1.807, 2.05) is 0 Å². The number of rotatable bonds is 4. The summed E-state index contributed by atoms with van der Waals surface area (Å²) in [6, 6.07) is 2.10. The average Bonchev–Trinajstić information content (AvgIpc) is 2.95. The highest BCUT2D eigenvalue weighted by Gasteiger charge is 2.23. The lowest BCUT2D eigenvalue weighted by Crippen LogP contribution is -2.04. The van der Waals surface area contributed by atoms with Crippen LogP contribution in [0, 0.1) is 5.92 Å². The smallest absolute Gasteiger partial charge is 0.138 e. The van der Waals surface area contributed by atoms with Gasteiger partial charge in [-0.1, -0.05) is 0 Å². The van der Waals surface area contributed by atoms with Gasteiger partial charge in [-0.15, -0.1) is 11.3 Å². The van der Waals surface area contributed by atoms with Crippen LogP contribution in [0.3, 0.4) is 0 Å². The second kappa shape index (κ2) is 4.01. The van der Waals surface area contributed by atoms with Gasteiger partial charge < -0.3 is 5.32 Å². The molecule has 0 saturated heterocycles. The van der Waals surface area contributed by atoms with Crippen LogP contribution in [0.15, 0.2) is 11.4 Å². The lowest BCUT2D eigenvalue weighted by molar-refractivity contribution is 0.777. The van der Waals surface area contributed by atoms with Crippen LogP contribution in [0.25, 0.3) is 10.2 Å². The maximum atomic E-state index is 4.63. The molecule has 2 heterocycles. The van der Waals surface area contributed by atoms with Gasteiger partial charge in [0.1, 0.15) is 16.5 Å². The van der Waals surface area contributed by atoms with E-state index >= 15 is 0 Å². The van der Waals surface area contributed by atoms with Crippen LogP contribution in [0.1, 0.15) is 25.6 Å². The SMILES string of the molecule is CCNc1nc(CC2CC2)nc2sccc12. The standard InChI is InChI=1S/C12H15N3S/c1-2-13-11-9-5-6-16-12(9)15-10(14-11)7-8-3-4-8/h5-6,8H,2-4,7H2,1H3,(H,13,14,15). The number of aromatic nitrogens is 2. The Kier molecular flexibility index (Phi) is 2.52. The summed E-state index contributed by atoms with van der Waals surface area (Å²) >= 11 is 1.70. The van der Waals surface area contributed by atoms with E-state index in [4.69, 9.17) is 0 Å². The Hall–Kier alpha value is -1.16. The van der Waals surface area contributed by atoms with Gasteiger partial charge in [0.2, 0.25) is 0 Å². The summed E-state index contributed by atoms with van der Waals surface area (Å²) in [5.74, 6) is 2.85. The molecule has 1 N–H and O–H groups in total. The lowest BCUT2D eigenvalue weighted by atomic mass is 10.2. The van der Waals surface area contributed by atoms with Gasteiger partial charge in [-0.3, -0.25) is 0 Å². The quantitative estimate of drug-likeness (QED) is 0.882. The predicted octanol–water partition coefficient (Wildman–Crippen LogP) is 3.08. The van der Waals surface area contributed by atoms with Gasteiger partial charge >= 0.3 is 0 Å². The number of nitrogens with zero attached hydrogens (tertiary/aromatic N) is 2. The Balaban J connectivity index is 2.01. The molecule has 84 valence electrons. The van der Waals surface area contributed by atoms with Gasteiger partial charge in [0.15, 0.2) is 0 Å². The molecule has 0 bridgehead atoms. The molecule has 4 heteroatoms. The molecule has 1 saturated carbocycles. The second-order valence-electron chi connectivity index (χ2n) is 4.31. The highest BCUT2D eigenvalue weighted by atomic mass is 32.1. The Morgan fingerprint density at radius 1 is 1.44 bits per heavy atom. The highest BCUT2D eigenvalue weighted by Crippen LogP contribution is 2.33. The number of hydrogen-bond acceptors (Lipinski definition) is 4. The normalized spacial score (nSPS) is 15.6. The summed E-state index contributed by atoms with van der Waals surface area (Å²) < 4.78 is 0. The maximum Gasteiger partial charge on any atom is 0.138 e.